The molecule has 0 unspecified atom stereocenters. The Labute approximate surface area is 152 Å². The fourth-order valence-electron chi connectivity index (χ4n) is 2.17. The zero-order chi connectivity index (χ0) is 17.6. The average molecular weight is 400 g/mol. The lowest BCUT2D eigenvalue weighted by atomic mass is 10.2. The molecule has 3 aromatic rings. The first-order valence-electron chi connectivity index (χ1n) is 7.44. The Bertz CT molecular complexity index is 893. The number of nitrogens with one attached hydrogen (secondary N) is 2. The van der Waals surface area contributed by atoms with Gasteiger partial charge in [-0.3, -0.25) is 14.6 Å². The molecule has 25 heavy (non-hydrogen) atoms. The van der Waals surface area contributed by atoms with Gasteiger partial charge in [0.1, 0.15) is 6.26 Å². The van der Waals surface area contributed by atoms with Gasteiger partial charge in [-0.05, 0) is 45.8 Å². The van der Waals surface area contributed by atoms with Crippen molar-refractivity contribution in [3.63, 3.8) is 0 Å². The molecular weight excluding hydrogens is 386 g/mol. The average Bonchev–Trinajstić information content (AvgIpc) is 3.07. The minimum absolute atomic E-state index is 0.237. The predicted octanol–water partition coefficient (Wildman–Crippen LogP) is 3.62. The van der Waals surface area contributed by atoms with Crippen LogP contribution < -0.4 is 10.6 Å². The molecule has 6 nitrogen and oxygen atoms in total. The van der Waals surface area contributed by atoms with E-state index in [4.69, 9.17) is 4.42 Å². The summed E-state index contributed by atoms with van der Waals surface area (Å²) in [5, 5.41) is 5.61. The number of benzene rings is 1. The van der Waals surface area contributed by atoms with E-state index in [1.54, 1.807) is 36.5 Å². The van der Waals surface area contributed by atoms with Gasteiger partial charge in [-0.15, -0.1) is 0 Å². The molecule has 0 atom stereocenters. The summed E-state index contributed by atoms with van der Waals surface area (Å²) in [5.74, 6) is -0.475. The predicted molar refractivity (Wildman–Crippen MR) is 96.2 cm³/mol. The Morgan fingerprint density at radius 3 is 2.68 bits per heavy atom. The molecule has 2 amide bonds. The van der Waals surface area contributed by atoms with Crippen LogP contribution in [-0.4, -0.2) is 16.8 Å². The highest BCUT2D eigenvalue weighted by Crippen LogP contribution is 2.15. The molecule has 2 N–H and O–H groups in total. The van der Waals surface area contributed by atoms with Crippen LogP contribution in [0.25, 0.3) is 0 Å². The number of carbonyl (C=O) groups excluding carboxylic acids is 2. The van der Waals surface area contributed by atoms with Gasteiger partial charge in [-0.1, -0.05) is 12.1 Å². The molecule has 0 aliphatic carbocycles. The van der Waals surface area contributed by atoms with Crippen LogP contribution in [-0.2, 0) is 6.54 Å². The number of halogens is 1. The minimum Gasteiger partial charge on any atom is -0.457 e. The SMILES string of the molecule is O=C(NCc1cccc(NC(=O)c2cccnc2)c1)c1coc(Br)c1. The van der Waals surface area contributed by atoms with Crippen LogP contribution in [0.5, 0.6) is 0 Å². The first-order chi connectivity index (χ1) is 12.1. The largest absolute Gasteiger partial charge is 0.457 e. The van der Waals surface area contributed by atoms with E-state index in [0.717, 1.165) is 5.56 Å². The molecule has 7 heteroatoms. The van der Waals surface area contributed by atoms with Crippen LogP contribution in [0.3, 0.4) is 0 Å². The molecule has 2 heterocycles. The summed E-state index contributed by atoms with van der Waals surface area (Å²) in [6.07, 6.45) is 4.49. The third kappa shape index (κ3) is 4.54. The molecular formula is C18H14BrN3O3. The van der Waals surface area contributed by atoms with Crippen molar-refractivity contribution in [3.8, 4) is 0 Å². The first-order valence-corrected chi connectivity index (χ1v) is 8.23. The molecule has 126 valence electrons. The standard InChI is InChI=1S/C18H14BrN3O3/c19-16-8-14(11-25-16)17(23)21-9-12-3-1-5-15(7-12)22-18(24)13-4-2-6-20-10-13/h1-8,10-11H,9H2,(H,21,23)(H,22,24). The van der Waals surface area contributed by atoms with Crippen LogP contribution in [0.2, 0.25) is 0 Å². The maximum absolute atomic E-state index is 12.1. The fourth-order valence-corrected chi connectivity index (χ4v) is 2.51. The number of rotatable bonds is 5. The summed E-state index contributed by atoms with van der Waals surface area (Å²) < 4.78 is 5.54. The van der Waals surface area contributed by atoms with Crippen molar-refractivity contribution in [2.24, 2.45) is 0 Å². The van der Waals surface area contributed by atoms with E-state index in [0.29, 0.717) is 28.0 Å². The van der Waals surface area contributed by atoms with Gasteiger partial charge in [-0.25, -0.2) is 0 Å². The Kier molecular flexibility index (Phi) is 5.25. The Balaban J connectivity index is 1.61. The summed E-state index contributed by atoms with van der Waals surface area (Å²) in [4.78, 5) is 28.1. The van der Waals surface area contributed by atoms with Gasteiger partial charge < -0.3 is 15.1 Å². The number of hydrogen-bond donors (Lipinski definition) is 2. The molecule has 0 spiro atoms. The van der Waals surface area contributed by atoms with Crippen LogP contribution >= 0.6 is 15.9 Å². The number of nitrogens with zero attached hydrogens (tertiary/aromatic N) is 1. The molecule has 0 fully saturated rings. The van der Waals surface area contributed by atoms with E-state index in [9.17, 15) is 9.59 Å². The highest BCUT2D eigenvalue weighted by molar-refractivity contribution is 9.10. The summed E-state index contributed by atoms with van der Waals surface area (Å²) >= 11 is 3.16. The van der Waals surface area contributed by atoms with Gasteiger partial charge in [0.2, 0.25) is 0 Å². The van der Waals surface area contributed by atoms with Gasteiger partial charge >= 0.3 is 0 Å². The van der Waals surface area contributed by atoms with Gasteiger partial charge in [0, 0.05) is 30.7 Å². The molecule has 3 rings (SSSR count). The summed E-state index contributed by atoms with van der Waals surface area (Å²) in [6, 6.07) is 12.3. The third-order valence-corrected chi connectivity index (χ3v) is 3.81. The molecule has 2 aromatic heterocycles. The molecule has 0 aliphatic heterocycles. The van der Waals surface area contributed by atoms with Crippen molar-refractivity contribution in [1.29, 1.82) is 0 Å². The summed E-state index contributed by atoms with van der Waals surface area (Å²) in [5.41, 5.74) is 2.42. The first kappa shape index (κ1) is 16.9. The number of aromatic nitrogens is 1. The van der Waals surface area contributed by atoms with Crippen molar-refractivity contribution in [2.45, 2.75) is 6.54 Å². The second-order valence-electron chi connectivity index (χ2n) is 5.22. The number of carbonyl (C=O) groups is 2. The van der Waals surface area contributed by atoms with Crippen LogP contribution in [0, 0.1) is 0 Å². The number of anilines is 1. The smallest absolute Gasteiger partial charge is 0.257 e. The van der Waals surface area contributed by atoms with Crippen molar-refractivity contribution in [2.75, 3.05) is 5.32 Å². The molecule has 1 aromatic carbocycles. The van der Waals surface area contributed by atoms with E-state index < -0.39 is 0 Å². The second-order valence-corrected chi connectivity index (χ2v) is 6.00. The summed E-state index contributed by atoms with van der Waals surface area (Å²) in [7, 11) is 0. The lowest BCUT2D eigenvalue weighted by Gasteiger charge is -2.08. The second kappa shape index (κ2) is 7.76. The number of hydrogen-bond acceptors (Lipinski definition) is 4. The molecule has 0 radical (unpaired) electrons. The van der Waals surface area contributed by atoms with E-state index in [1.165, 1.54) is 12.5 Å². The Morgan fingerprint density at radius 1 is 1.08 bits per heavy atom. The molecule has 0 aliphatic rings. The lowest BCUT2D eigenvalue weighted by molar-refractivity contribution is 0.0949. The van der Waals surface area contributed by atoms with E-state index in [2.05, 4.69) is 31.5 Å². The monoisotopic (exact) mass is 399 g/mol. The normalized spacial score (nSPS) is 10.3. The van der Waals surface area contributed by atoms with Crippen molar-refractivity contribution < 1.29 is 14.0 Å². The maximum atomic E-state index is 12.1. The number of furan rings is 1. The minimum atomic E-state index is -0.238. The van der Waals surface area contributed by atoms with Gasteiger partial charge in [-0.2, -0.15) is 0 Å². The van der Waals surface area contributed by atoms with Gasteiger partial charge in [0.25, 0.3) is 11.8 Å². The topological polar surface area (TPSA) is 84.2 Å². The fraction of sp³-hybridized carbons (Fsp3) is 0.0556. The lowest BCUT2D eigenvalue weighted by Crippen LogP contribution is -2.22. The number of amides is 2. The molecule has 0 bridgehead atoms. The molecule has 0 saturated carbocycles. The quantitative estimate of drug-likeness (QED) is 0.685. The Morgan fingerprint density at radius 2 is 1.96 bits per heavy atom. The van der Waals surface area contributed by atoms with Crippen molar-refractivity contribution in [3.05, 3.63) is 82.5 Å². The van der Waals surface area contributed by atoms with Gasteiger partial charge in [0.15, 0.2) is 4.67 Å². The third-order valence-electron chi connectivity index (χ3n) is 3.39. The number of pyridine rings is 1. The highest BCUT2D eigenvalue weighted by Gasteiger charge is 2.09. The van der Waals surface area contributed by atoms with Crippen molar-refractivity contribution in [1.82, 2.24) is 10.3 Å². The van der Waals surface area contributed by atoms with Crippen LogP contribution in [0.15, 0.2) is 70.2 Å². The van der Waals surface area contributed by atoms with E-state index in [-0.39, 0.29) is 11.8 Å². The zero-order valence-electron chi connectivity index (χ0n) is 13.0. The molecule has 0 saturated heterocycles. The van der Waals surface area contributed by atoms with Gasteiger partial charge in [0.05, 0.1) is 11.1 Å². The van der Waals surface area contributed by atoms with Crippen LogP contribution in [0.1, 0.15) is 26.3 Å². The van der Waals surface area contributed by atoms with E-state index in [1.807, 2.05) is 12.1 Å². The van der Waals surface area contributed by atoms with Crippen molar-refractivity contribution >= 4 is 33.4 Å². The van der Waals surface area contributed by atoms with E-state index >= 15 is 0 Å². The zero-order valence-corrected chi connectivity index (χ0v) is 14.6. The summed E-state index contributed by atoms with van der Waals surface area (Å²) in [6.45, 7) is 0.332. The highest BCUT2D eigenvalue weighted by atomic mass is 79.9. The van der Waals surface area contributed by atoms with Crippen LogP contribution in [0.4, 0.5) is 5.69 Å². The Hall–Kier alpha value is -2.93. The maximum Gasteiger partial charge on any atom is 0.257 e.